The van der Waals surface area contributed by atoms with Gasteiger partial charge in [-0.1, -0.05) is 59.9 Å². The Labute approximate surface area is 247 Å². The van der Waals surface area contributed by atoms with E-state index < -0.39 is 28.6 Å². The summed E-state index contributed by atoms with van der Waals surface area (Å²) in [5.41, 5.74) is -0.542. The van der Waals surface area contributed by atoms with Gasteiger partial charge >= 0.3 is 0 Å². The van der Waals surface area contributed by atoms with Gasteiger partial charge in [0.15, 0.2) is 16.1 Å². The van der Waals surface area contributed by atoms with Gasteiger partial charge in [-0.25, -0.2) is 9.37 Å². The molecule has 0 N–H and O–H groups in total. The first-order valence-corrected chi connectivity index (χ1v) is 14.3. The number of carbonyl (C=O) groups excluding carboxylic acids is 2. The van der Waals surface area contributed by atoms with Crippen LogP contribution in [-0.4, -0.2) is 23.9 Å². The second-order valence-electron chi connectivity index (χ2n) is 10.3. The first-order chi connectivity index (χ1) is 20.9. The molecule has 1 atom stereocenters. The number of hydrogen-bond acceptors (Lipinski definition) is 7. The number of halogens is 1. The van der Waals surface area contributed by atoms with Gasteiger partial charge in [-0.3, -0.25) is 19.3 Å². The second kappa shape index (κ2) is 9.07. The Morgan fingerprint density at radius 3 is 2.56 bits per heavy atom. The number of benzene rings is 4. The van der Waals surface area contributed by atoms with Gasteiger partial charge in [0.25, 0.3) is 11.8 Å². The third-order valence-corrected chi connectivity index (χ3v) is 9.10. The minimum absolute atomic E-state index is 0.0819. The van der Waals surface area contributed by atoms with Gasteiger partial charge in [-0.2, -0.15) is 0 Å². The lowest BCUT2D eigenvalue weighted by Crippen LogP contribution is -2.53. The molecule has 2 aliphatic rings. The molecule has 2 aromatic heterocycles. The Kier molecular flexibility index (Phi) is 5.35. The van der Waals surface area contributed by atoms with Gasteiger partial charge in [-0.15, -0.1) is 0 Å². The molecule has 2 amide bonds. The zero-order valence-corrected chi connectivity index (χ0v) is 23.4. The topological polar surface area (TPSA) is 93.0 Å². The van der Waals surface area contributed by atoms with E-state index in [4.69, 9.17) is 14.1 Å². The molecular formula is C33H20FN3O5S. The molecule has 0 radical (unpaired) electrons. The van der Waals surface area contributed by atoms with Crippen LogP contribution in [0, 0.1) is 5.82 Å². The van der Waals surface area contributed by atoms with Gasteiger partial charge < -0.3 is 14.1 Å². The van der Waals surface area contributed by atoms with Gasteiger partial charge in [0.05, 0.1) is 40.5 Å². The maximum atomic E-state index is 15.0. The van der Waals surface area contributed by atoms with Crippen molar-refractivity contribution in [1.82, 2.24) is 4.98 Å². The van der Waals surface area contributed by atoms with E-state index in [-0.39, 0.29) is 39.5 Å². The maximum Gasteiger partial charge on any atom is 0.297 e. The zero-order valence-electron chi connectivity index (χ0n) is 22.5. The third-order valence-electron chi connectivity index (χ3n) is 8.09. The fourth-order valence-electron chi connectivity index (χ4n) is 6.18. The molecule has 0 bridgehead atoms. The summed E-state index contributed by atoms with van der Waals surface area (Å²) in [7, 11) is 1.55. The van der Waals surface area contributed by atoms with Crippen LogP contribution in [0.4, 0.5) is 15.2 Å². The monoisotopic (exact) mass is 589 g/mol. The second-order valence-corrected chi connectivity index (χ2v) is 11.3. The predicted molar refractivity (Wildman–Crippen MR) is 160 cm³/mol. The van der Waals surface area contributed by atoms with Crippen molar-refractivity contribution in [2.45, 2.75) is 12.1 Å². The molecule has 4 heterocycles. The summed E-state index contributed by atoms with van der Waals surface area (Å²) in [5.74, 6) is -1.34. The van der Waals surface area contributed by atoms with Crippen LogP contribution in [0.15, 0.2) is 100 Å². The summed E-state index contributed by atoms with van der Waals surface area (Å²) >= 11 is 1.19. The van der Waals surface area contributed by atoms with Crippen LogP contribution >= 0.6 is 11.3 Å². The Morgan fingerprint density at radius 1 is 0.953 bits per heavy atom. The number of thiazole rings is 1. The largest absolute Gasteiger partial charge is 0.497 e. The number of anilines is 2. The third kappa shape index (κ3) is 3.35. The molecule has 2 aliphatic heterocycles. The summed E-state index contributed by atoms with van der Waals surface area (Å²) in [5, 5.41) is 0.446. The standard InChI is InChI=1S/C33H20FN3O5S/c1-41-19-14-15-23-26(16-19)43-32(35-23)37-30(39)29-27(28(38)20-9-3-7-13-25(20)42-29)33(37)21-10-4-6-12-24(21)36(31(33)40)17-18-8-2-5-11-22(18)34/h2-16H,17H2,1H3. The number of methoxy groups -OCH3 is 1. The molecule has 0 aliphatic carbocycles. The van der Waals surface area contributed by atoms with E-state index in [0.29, 0.717) is 22.5 Å². The Hall–Kier alpha value is -5.35. The van der Waals surface area contributed by atoms with Crippen LogP contribution in [0.3, 0.4) is 0 Å². The fourth-order valence-corrected chi connectivity index (χ4v) is 7.22. The molecule has 210 valence electrons. The lowest BCUT2D eigenvalue weighted by atomic mass is 9.84. The molecule has 43 heavy (non-hydrogen) atoms. The number of nitrogens with zero attached hydrogens (tertiary/aromatic N) is 3. The predicted octanol–water partition coefficient (Wildman–Crippen LogP) is 6.00. The number of carbonyl (C=O) groups is 2. The highest BCUT2D eigenvalue weighted by Gasteiger charge is 2.66. The van der Waals surface area contributed by atoms with Crippen LogP contribution in [-0.2, 0) is 16.9 Å². The van der Waals surface area contributed by atoms with E-state index >= 15 is 0 Å². The molecule has 4 aromatic carbocycles. The van der Waals surface area contributed by atoms with Gasteiger partial charge in [0, 0.05) is 11.1 Å². The molecule has 0 saturated heterocycles. The number of fused-ring (bicyclic) bond motifs is 6. The van der Waals surface area contributed by atoms with E-state index in [9.17, 15) is 18.8 Å². The summed E-state index contributed by atoms with van der Waals surface area (Å²) < 4.78 is 27.1. The average Bonchev–Trinajstić information content (AvgIpc) is 3.63. The number of ether oxygens (including phenoxy) is 1. The van der Waals surface area contributed by atoms with Crippen molar-refractivity contribution >= 4 is 55.2 Å². The first kappa shape index (κ1) is 25.4. The minimum Gasteiger partial charge on any atom is -0.497 e. The number of amides is 2. The van der Waals surface area contributed by atoms with Crippen LogP contribution in [0.1, 0.15) is 27.2 Å². The Balaban J connectivity index is 1.45. The quantitative estimate of drug-likeness (QED) is 0.250. The summed E-state index contributed by atoms with van der Waals surface area (Å²) in [6.45, 7) is -0.114. The summed E-state index contributed by atoms with van der Waals surface area (Å²) in [4.78, 5) is 51.2. The van der Waals surface area contributed by atoms with Gasteiger partial charge in [0.2, 0.25) is 5.76 Å². The maximum absolute atomic E-state index is 15.0. The van der Waals surface area contributed by atoms with Crippen LogP contribution < -0.4 is 20.0 Å². The van der Waals surface area contributed by atoms with E-state index in [0.717, 1.165) is 4.70 Å². The Bertz CT molecular complexity index is 2230. The van der Waals surface area contributed by atoms with Crippen molar-refractivity contribution in [3.8, 4) is 5.75 Å². The lowest BCUT2D eigenvalue weighted by molar-refractivity contribution is -0.121. The number of hydrogen-bond donors (Lipinski definition) is 0. The lowest BCUT2D eigenvalue weighted by Gasteiger charge is -2.32. The molecular weight excluding hydrogens is 569 g/mol. The van der Waals surface area contributed by atoms with Gasteiger partial charge in [0.1, 0.15) is 17.1 Å². The van der Waals surface area contributed by atoms with E-state index in [1.807, 2.05) is 0 Å². The molecule has 1 spiro atoms. The number of rotatable bonds is 4. The van der Waals surface area contributed by atoms with Crippen molar-refractivity contribution in [2.75, 3.05) is 16.9 Å². The molecule has 1 unspecified atom stereocenters. The molecule has 0 saturated carbocycles. The number of para-hydroxylation sites is 2. The van der Waals surface area contributed by atoms with E-state index in [2.05, 4.69) is 0 Å². The summed E-state index contributed by atoms with van der Waals surface area (Å²) in [6.07, 6.45) is 0. The zero-order chi connectivity index (χ0) is 29.5. The van der Waals surface area contributed by atoms with Crippen LogP contribution in [0.5, 0.6) is 5.75 Å². The fraction of sp³-hybridized carbons (Fsp3) is 0.0909. The van der Waals surface area contributed by atoms with E-state index in [1.165, 1.54) is 27.2 Å². The highest BCUT2D eigenvalue weighted by atomic mass is 32.1. The Morgan fingerprint density at radius 2 is 1.72 bits per heavy atom. The van der Waals surface area contributed by atoms with Crippen molar-refractivity contribution < 1.29 is 23.1 Å². The molecule has 0 fully saturated rings. The van der Waals surface area contributed by atoms with Gasteiger partial charge in [-0.05, 0) is 42.5 Å². The normalized spacial score (nSPS) is 17.3. The van der Waals surface area contributed by atoms with Crippen molar-refractivity contribution in [2.24, 2.45) is 0 Å². The van der Waals surface area contributed by atoms with Crippen LogP contribution in [0.2, 0.25) is 0 Å². The SMILES string of the molecule is COc1ccc2nc(N3C(=O)c4oc5ccccc5c(=O)c4C34C(=O)N(Cc3ccccc3F)c3ccccc34)sc2c1. The summed E-state index contributed by atoms with van der Waals surface area (Å²) in [6, 6.07) is 25.1. The first-order valence-electron chi connectivity index (χ1n) is 13.4. The number of aromatic nitrogens is 1. The van der Waals surface area contributed by atoms with Crippen molar-refractivity contribution in [3.63, 3.8) is 0 Å². The minimum atomic E-state index is -1.93. The smallest absolute Gasteiger partial charge is 0.297 e. The highest BCUT2D eigenvalue weighted by Crippen LogP contribution is 2.55. The van der Waals surface area contributed by atoms with Crippen molar-refractivity contribution in [3.05, 3.63) is 129 Å². The molecule has 6 aromatic rings. The van der Waals surface area contributed by atoms with Crippen LogP contribution in [0.25, 0.3) is 21.2 Å². The molecule has 10 heteroatoms. The average molecular weight is 590 g/mol. The van der Waals surface area contributed by atoms with E-state index in [1.54, 1.807) is 92.0 Å². The highest BCUT2D eigenvalue weighted by molar-refractivity contribution is 7.22. The molecule has 8 nitrogen and oxygen atoms in total. The molecule has 8 rings (SSSR count). The van der Waals surface area contributed by atoms with Crippen molar-refractivity contribution in [1.29, 1.82) is 0 Å².